The molecule has 3 heteroatoms. The Balaban J connectivity index is 2.45. The lowest BCUT2D eigenvalue weighted by Crippen LogP contribution is -2.01. The van der Waals surface area contributed by atoms with Gasteiger partial charge in [0.1, 0.15) is 0 Å². The minimum atomic E-state index is -0.354. The van der Waals surface area contributed by atoms with E-state index in [0.29, 0.717) is 0 Å². The molecule has 0 saturated carbocycles. The van der Waals surface area contributed by atoms with Gasteiger partial charge in [-0.1, -0.05) is 30.3 Å². The van der Waals surface area contributed by atoms with Crippen LogP contribution in [0.1, 0.15) is 5.56 Å². The van der Waals surface area contributed by atoms with Crippen molar-refractivity contribution < 1.29 is 4.92 Å². The molecule has 0 fully saturated rings. The fraction of sp³-hybridized carbons (Fsp3) is 0.125. The van der Waals surface area contributed by atoms with Crippen molar-refractivity contribution in [1.29, 1.82) is 0 Å². The molecule has 0 spiro atoms. The summed E-state index contributed by atoms with van der Waals surface area (Å²) in [5, 5.41) is 9.95. The van der Waals surface area contributed by atoms with Gasteiger partial charge in [-0.25, -0.2) is 0 Å². The van der Waals surface area contributed by atoms with Gasteiger partial charge in [-0.05, 0) is 5.56 Å². The highest BCUT2D eigenvalue weighted by Gasteiger charge is 1.97. The Kier molecular flexibility index (Phi) is 2.60. The highest BCUT2D eigenvalue weighted by atomic mass is 16.6. The van der Waals surface area contributed by atoms with Gasteiger partial charge in [0.05, 0.1) is 6.42 Å². The fourth-order valence-electron chi connectivity index (χ4n) is 0.769. The molecule has 3 nitrogen and oxygen atoms in total. The van der Waals surface area contributed by atoms with Crippen LogP contribution in [0.25, 0.3) is 0 Å². The van der Waals surface area contributed by atoms with Crippen molar-refractivity contribution in [3.63, 3.8) is 0 Å². The summed E-state index contributed by atoms with van der Waals surface area (Å²) in [5.74, 6) is 0. The Bertz CT molecular complexity index is 233. The molecule has 0 bridgehead atoms. The molecule has 0 atom stereocenters. The maximum Gasteiger partial charge on any atom is 0.211 e. The smallest absolute Gasteiger partial charge is 0.211 e. The number of rotatable bonds is 3. The molecule has 11 heavy (non-hydrogen) atoms. The summed E-state index contributed by atoms with van der Waals surface area (Å²) in [5.41, 5.74) is 0.893. The molecule has 1 rings (SSSR count). The van der Waals surface area contributed by atoms with Crippen molar-refractivity contribution in [2.24, 2.45) is 0 Å². The van der Waals surface area contributed by atoms with Crippen molar-refractivity contribution in [3.05, 3.63) is 52.4 Å². The zero-order chi connectivity index (χ0) is 8.10. The van der Waals surface area contributed by atoms with E-state index in [1.54, 1.807) is 6.42 Å². The zero-order valence-electron chi connectivity index (χ0n) is 5.93. The zero-order valence-corrected chi connectivity index (χ0v) is 5.93. The first-order chi connectivity index (χ1) is 5.29. The van der Waals surface area contributed by atoms with Gasteiger partial charge in [0.25, 0.3) is 0 Å². The molecule has 1 aromatic carbocycles. The number of hydrogen-bond acceptors (Lipinski definition) is 2. The number of nitrogens with zero attached hydrogens (tertiary/aromatic N) is 1. The minimum absolute atomic E-state index is 0.107. The molecule has 0 amide bonds. The summed E-state index contributed by atoms with van der Waals surface area (Å²) in [6, 6.07) is 9.26. The average Bonchev–Trinajstić information content (AvgIpc) is 2.03. The fourth-order valence-corrected chi connectivity index (χ4v) is 0.769. The Hall–Kier alpha value is -1.38. The van der Waals surface area contributed by atoms with E-state index in [1.807, 2.05) is 30.3 Å². The lowest BCUT2D eigenvalue weighted by molar-refractivity contribution is -0.471. The Labute approximate surface area is 64.8 Å². The topological polar surface area (TPSA) is 43.1 Å². The predicted molar refractivity (Wildman–Crippen MR) is 41.7 cm³/mol. The third-order valence-corrected chi connectivity index (χ3v) is 1.28. The van der Waals surface area contributed by atoms with Gasteiger partial charge < -0.3 is 0 Å². The van der Waals surface area contributed by atoms with Crippen molar-refractivity contribution >= 4 is 0 Å². The molecule has 0 aliphatic heterocycles. The normalized spacial score (nSPS) is 9.45. The quantitative estimate of drug-likeness (QED) is 0.484. The Morgan fingerprint density at radius 1 is 1.36 bits per heavy atom. The summed E-state index contributed by atoms with van der Waals surface area (Å²) in [4.78, 5) is 9.59. The first-order valence-electron chi connectivity index (χ1n) is 3.29. The van der Waals surface area contributed by atoms with Crippen molar-refractivity contribution in [1.82, 2.24) is 0 Å². The molecule has 1 aromatic rings. The van der Waals surface area contributed by atoms with Crippen LogP contribution in [0.2, 0.25) is 0 Å². The van der Waals surface area contributed by atoms with Crippen LogP contribution in [-0.2, 0) is 0 Å². The molecule has 0 unspecified atom stereocenters. The van der Waals surface area contributed by atoms with Crippen LogP contribution >= 0.6 is 0 Å². The monoisotopic (exact) mass is 150 g/mol. The molecule has 0 aliphatic rings. The van der Waals surface area contributed by atoms with Crippen LogP contribution in [-0.4, -0.2) is 11.5 Å². The number of benzene rings is 1. The summed E-state index contributed by atoms with van der Waals surface area (Å²) in [6.07, 6.45) is 1.58. The molecular weight excluding hydrogens is 142 g/mol. The van der Waals surface area contributed by atoms with Crippen LogP contribution in [0.5, 0.6) is 0 Å². The highest BCUT2D eigenvalue weighted by molar-refractivity contribution is 5.22. The van der Waals surface area contributed by atoms with E-state index in [9.17, 15) is 10.1 Å². The minimum Gasteiger partial charge on any atom is -0.265 e. The molecule has 0 saturated heterocycles. The SMILES string of the molecule is O=[N+]([O-])C[CH]c1ccccc1. The molecule has 57 valence electrons. The van der Waals surface area contributed by atoms with Crippen molar-refractivity contribution in [2.45, 2.75) is 0 Å². The van der Waals surface area contributed by atoms with Gasteiger partial charge in [0.15, 0.2) is 0 Å². The van der Waals surface area contributed by atoms with Gasteiger partial charge >= 0.3 is 0 Å². The standard InChI is InChI=1S/C8H8NO2/c10-9(11)7-6-8-4-2-1-3-5-8/h1-6H,7H2. The average molecular weight is 150 g/mol. The molecular formula is C8H8NO2. The first-order valence-corrected chi connectivity index (χ1v) is 3.29. The van der Waals surface area contributed by atoms with Gasteiger partial charge in [-0.3, -0.25) is 10.1 Å². The van der Waals surface area contributed by atoms with E-state index in [1.165, 1.54) is 0 Å². The van der Waals surface area contributed by atoms with Crippen LogP contribution < -0.4 is 0 Å². The number of hydrogen-bond donors (Lipinski definition) is 0. The molecule has 0 N–H and O–H groups in total. The van der Waals surface area contributed by atoms with Crippen molar-refractivity contribution in [2.75, 3.05) is 6.54 Å². The van der Waals surface area contributed by atoms with E-state index >= 15 is 0 Å². The van der Waals surface area contributed by atoms with Crippen LogP contribution in [0.3, 0.4) is 0 Å². The summed E-state index contributed by atoms with van der Waals surface area (Å²) in [7, 11) is 0. The molecule has 1 radical (unpaired) electrons. The Morgan fingerprint density at radius 3 is 2.55 bits per heavy atom. The van der Waals surface area contributed by atoms with Gasteiger partial charge in [-0.2, -0.15) is 0 Å². The first kappa shape index (κ1) is 7.72. The summed E-state index contributed by atoms with van der Waals surface area (Å²) < 4.78 is 0. The van der Waals surface area contributed by atoms with E-state index in [0.717, 1.165) is 5.56 Å². The van der Waals surface area contributed by atoms with E-state index in [-0.39, 0.29) is 11.5 Å². The van der Waals surface area contributed by atoms with Crippen LogP contribution in [0.4, 0.5) is 0 Å². The molecule has 0 heterocycles. The van der Waals surface area contributed by atoms with Crippen molar-refractivity contribution in [3.8, 4) is 0 Å². The third-order valence-electron chi connectivity index (χ3n) is 1.28. The second-order valence-electron chi connectivity index (χ2n) is 2.13. The van der Waals surface area contributed by atoms with E-state index in [4.69, 9.17) is 0 Å². The second-order valence-corrected chi connectivity index (χ2v) is 2.13. The maximum atomic E-state index is 9.95. The van der Waals surface area contributed by atoms with Crippen LogP contribution in [0.15, 0.2) is 30.3 Å². The van der Waals surface area contributed by atoms with E-state index in [2.05, 4.69) is 0 Å². The largest absolute Gasteiger partial charge is 0.265 e. The third kappa shape index (κ3) is 2.80. The summed E-state index contributed by atoms with van der Waals surface area (Å²) >= 11 is 0. The second kappa shape index (κ2) is 3.71. The van der Waals surface area contributed by atoms with Gasteiger partial charge in [-0.15, -0.1) is 0 Å². The maximum absolute atomic E-state index is 9.95. The summed E-state index contributed by atoms with van der Waals surface area (Å²) in [6.45, 7) is -0.107. The van der Waals surface area contributed by atoms with E-state index < -0.39 is 0 Å². The lowest BCUT2D eigenvalue weighted by Gasteiger charge is -1.93. The predicted octanol–water partition coefficient (Wildman–Crippen LogP) is 1.52. The van der Waals surface area contributed by atoms with Crippen LogP contribution in [0, 0.1) is 16.5 Å². The van der Waals surface area contributed by atoms with Gasteiger partial charge in [0, 0.05) is 4.92 Å². The highest BCUT2D eigenvalue weighted by Crippen LogP contribution is 2.00. The number of nitro groups is 1. The Morgan fingerprint density at radius 2 is 2.00 bits per heavy atom. The van der Waals surface area contributed by atoms with Gasteiger partial charge in [0.2, 0.25) is 6.54 Å². The molecule has 0 aliphatic carbocycles. The molecule has 0 aromatic heterocycles. The lowest BCUT2D eigenvalue weighted by atomic mass is 10.2.